The van der Waals surface area contributed by atoms with Crippen LogP contribution in [0.5, 0.6) is 0 Å². The molecule has 18 heavy (non-hydrogen) atoms. The van der Waals surface area contributed by atoms with E-state index in [1.165, 1.54) is 12.7 Å². The fraction of sp³-hybridized carbons (Fsp3) is 0.533. The van der Waals surface area contributed by atoms with Gasteiger partial charge in [-0.2, -0.15) is 0 Å². The molecule has 0 bridgehead atoms. The Morgan fingerprint density at radius 1 is 1.44 bits per heavy atom. The topological polar surface area (TPSA) is 46.5 Å². The maximum atomic E-state index is 11.5. The van der Waals surface area contributed by atoms with Crippen molar-refractivity contribution in [3.8, 4) is 0 Å². The molecule has 0 heterocycles. The Balaban J connectivity index is 2.40. The lowest BCUT2D eigenvalue weighted by molar-refractivity contribution is -0.152. The number of aliphatic hydroxyl groups excluding tert-OH is 1. The van der Waals surface area contributed by atoms with Crippen LogP contribution in [0.15, 0.2) is 24.3 Å². The zero-order chi connectivity index (χ0) is 13.3. The third-order valence-corrected chi connectivity index (χ3v) is 3.99. The number of hydrogen-bond donors (Lipinski definition) is 1. The quantitative estimate of drug-likeness (QED) is 0.817. The van der Waals surface area contributed by atoms with Crippen LogP contribution in [0.1, 0.15) is 43.7 Å². The Morgan fingerprint density at radius 2 is 2.11 bits per heavy atom. The van der Waals surface area contributed by atoms with E-state index in [1.807, 2.05) is 18.2 Å². The van der Waals surface area contributed by atoms with E-state index in [4.69, 9.17) is 0 Å². The molecule has 2 rings (SSSR count). The van der Waals surface area contributed by atoms with Gasteiger partial charge in [-0.3, -0.25) is 0 Å². The summed E-state index contributed by atoms with van der Waals surface area (Å²) >= 11 is 0. The summed E-state index contributed by atoms with van der Waals surface area (Å²) in [5.74, 6) is -0.698. The van der Waals surface area contributed by atoms with E-state index in [0.717, 1.165) is 18.4 Å². The highest BCUT2D eigenvalue weighted by atomic mass is 16.5. The number of ether oxygens (including phenoxy) is 1. The SMILES string of the molecule is COC(=O)C(O)C1CCC(C)(C)c2ccccc21. The lowest BCUT2D eigenvalue weighted by Gasteiger charge is -2.38. The van der Waals surface area contributed by atoms with Crippen LogP contribution in [0.4, 0.5) is 0 Å². The van der Waals surface area contributed by atoms with Crippen LogP contribution in [0.25, 0.3) is 0 Å². The number of benzene rings is 1. The number of hydrogen-bond acceptors (Lipinski definition) is 3. The third kappa shape index (κ3) is 2.15. The van der Waals surface area contributed by atoms with Crippen molar-refractivity contribution in [2.24, 2.45) is 0 Å². The molecule has 1 aliphatic rings. The predicted molar refractivity (Wildman–Crippen MR) is 69.5 cm³/mol. The van der Waals surface area contributed by atoms with E-state index >= 15 is 0 Å². The van der Waals surface area contributed by atoms with Crippen molar-refractivity contribution in [3.05, 3.63) is 35.4 Å². The number of esters is 1. The van der Waals surface area contributed by atoms with Crippen molar-refractivity contribution in [1.82, 2.24) is 0 Å². The Kier molecular flexibility index (Phi) is 3.44. The van der Waals surface area contributed by atoms with Gasteiger partial charge in [-0.05, 0) is 29.4 Å². The number of aliphatic hydroxyl groups is 1. The first-order valence-corrected chi connectivity index (χ1v) is 6.32. The minimum Gasteiger partial charge on any atom is -0.467 e. The summed E-state index contributed by atoms with van der Waals surface area (Å²) in [6.07, 6.45) is 0.704. The van der Waals surface area contributed by atoms with Gasteiger partial charge in [0.05, 0.1) is 7.11 Å². The van der Waals surface area contributed by atoms with Gasteiger partial charge in [-0.1, -0.05) is 38.1 Å². The Bertz CT molecular complexity index is 451. The van der Waals surface area contributed by atoms with Crippen LogP contribution in [-0.4, -0.2) is 24.3 Å². The molecule has 0 saturated heterocycles. The molecule has 2 atom stereocenters. The zero-order valence-electron chi connectivity index (χ0n) is 11.1. The summed E-state index contributed by atoms with van der Waals surface area (Å²) in [5, 5.41) is 10.1. The fourth-order valence-corrected chi connectivity index (χ4v) is 2.86. The van der Waals surface area contributed by atoms with Crippen LogP contribution >= 0.6 is 0 Å². The van der Waals surface area contributed by atoms with Crippen LogP contribution in [0, 0.1) is 0 Å². The average Bonchev–Trinajstić information content (AvgIpc) is 2.37. The van der Waals surface area contributed by atoms with Crippen molar-refractivity contribution < 1.29 is 14.6 Å². The first kappa shape index (κ1) is 13.1. The summed E-state index contributed by atoms with van der Waals surface area (Å²) in [6, 6.07) is 8.06. The Hall–Kier alpha value is -1.35. The average molecular weight is 248 g/mol. The van der Waals surface area contributed by atoms with E-state index in [9.17, 15) is 9.90 Å². The predicted octanol–water partition coefficient (Wildman–Crippen LogP) is 2.38. The first-order valence-electron chi connectivity index (χ1n) is 6.32. The normalized spacial score (nSPS) is 23.0. The largest absolute Gasteiger partial charge is 0.467 e. The third-order valence-electron chi connectivity index (χ3n) is 3.99. The lowest BCUT2D eigenvalue weighted by Crippen LogP contribution is -2.35. The van der Waals surface area contributed by atoms with Gasteiger partial charge in [0.1, 0.15) is 0 Å². The summed E-state index contributed by atoms with van der Waals surface area (Å²) in [5.41, 5.74) is 2.40. The molecule has 0 saturated carbocycles. The first-order chi connectivity index (χ1) is 8.47. The van der Waals surface area contributed by atoms with E-state index < -0.39 is 12.1 Å². The molecule has 1 aromatic rings. The molecule has 1 aliphatic carbocycles. The van der Waals surface area contributed by atoms with Gasteiger partial charge in [-0.15, -0.1) is 0 Å². The molecule has 2 unspecified atom stereocenters. The van der Waals surface area contributed by atoms with Gasteiger partial charge >= 0.3 is 5.97 Å². The molecule has 0 radical (unpaired) electrons. The van der Waals surface area contributed by atoms with Gasteiger partial charge < -0.3 is 9.84 Å². The molecule has 0 amide bonds. The van der Waals surface area contributed by atoms with Gasteiger partial charge in [0.15, 0.2) is 6.10 Å². The smallest absolute Gasteiger partial charge is 0.335 e. The molecule has 3 nitrogen and oxygen atoms in total. The molecular weight excluding hydrogens is 228 g/mol. The highest BCUT2D eigenvalue weighted by molar-refractivity contribution is 5.75. The van der Waals surface area contributed by atoms with E-state index in [2.05, 4.69) is 24.7 Å². The summed E-state index contributed by atoms with van der Waals surface area (Å²) in [7, 11) is 1.31. The molecule has 0 aliphatic heterocycles. The van der Waals surface area contributed by atoms with Crippen molar-refractivity contribution in [2.75, 3.05) is 7.11 Å². The monoisotopic (exact) mass is 248 g/mol. The molecule has 1 aromatic carbocycles. The van der Waals surface area contributed by atoms with Crippen molar-refractivity contribution in [2.45, 2.75) is 44.1 Å². The molecule has 0 aromatic heterocycles. The maximum Gasteiger partial charge on any atom is 0.335 e. The van der Waals surface area contributed by atoms with Gasteiger partial charge in [0.25, 0.3) is 0 Å². The van der Waals surface area contributed by atoms with Gasteiger partial charge in [0.2, 0.25) is 0 Å². The number of methoxy groups -OCH3 is 1. The minimum atomic E-state index is -1.06. The van der Waals surface area contributed by atoms with Crippen LogP contribution in [0.3, 0.4) is 0 Å². The molecular formula is C15H20O3. The second-order valence-corrected chi connectivity index (χ2v) is 5.58. The second kappa shape index (κ2) is 4.73. The Labute approximate surface area is 108 Å². The molecule has 1 N–H and O–H groups in total. The summed E-state index contributed by atoms with van der Waals surface area (Å²) in [4.78, 5) is 11.5. The van der Waals surface area contributed by atoms with E-state index in [1.54, 1.807) is 0 Å². The van der Waals surface area contributed by atoms with Crippen molar-refractivity contribution in [3.63, 3.8) is 0 Å². The fourth-order valence-electron chi connectivity index (χ4n) is 2.86. The number of fused-ring (bicyclic) bond motifs is 1. The van der Waals surface area contributed by atoms with E-state index in [-0.39, 0.29) is 11.3 Å². The number of carbonyl (C=O) groups excluding carboxylic acids is 1. The van der Waals surface area contributed by atoms with Crippen LogP contribution < -0.4 is 0 Å². The van der Waals surface area contributed by atoms with Gasteiger partial charge in [-0.25, -0.2) is 4.79 Å². The second-order valence-electron chi connectivity index (χ2n) is 5.58. The molecule has 98 valence electrons. The molecule has 0 fully saturated rings. The molecule has 0 spiro atoms. The van der Waals surface area contributed by atoms with Crippen LogP contribution in [0.2, 0.25) is 0 Å². The van der Waals surface area contributed by atoms with Gasteiger partial charge in [0, 0.05) is 5.92 Å². The standard InChI is InChI=1S/C15H20O3/c1-15(2)9-8-11(13(16)14(17)18-3)10-6-4-5-7-12(10)15/h4-7,11,13,16H,8-9H2,1-3H3. The lowest BCUT2D eigenvalue weighted by atomic mass is 9.67. The highest BCUT2D eigenvalue weighted by Gasteiger charge is 2.38. The Morgan fingerprint density at radius 3 is 2.78 bits per heavy atom. The van der Waals surface area contributed by atoms with E-state index in [0.29, 0.717) is 0 Å². The van der Waals surface area contributed by atoms with Crippen LogP contribution in [-0.2, 0) is 14.9 Å². The van der Waals surface area contributed by atoms with Crippen molar-refractivity contribution in [1.29, 1.82) is 0 Å². The number of carbonyl (C=O) groups is 1. The number of rotatable bonds is 2. The minimum absolute atomic E-state index is 0.100. The van der Waals surface area contributed by atoms with Crippen molar-refractivity contribution >= 4 is 5.97 Å². The molecule has 3 heteroatoms. The zero-order valence-corrected chi connectivity index (χ0v) is 11.1. The highest BCUT2D eigenvalue weighted by Crippen LogP contribution is 2.43. The maximum absolute atomic E-state index is 11.5. The summed E-state index contributed by atoms with van der Waals surface area (Å²) < 4.78 is 4.64. The summed E-state index contributed by atoms with van der Waals surface area (Å²) in [6.45, 7) is 4.40.